The van der Waals surface area contributed by atoms with Gasteiger partial charge in [0.1, 0.15) is 5.82 Å². The van der Waals surface area contributed by atoms with E-state index in [1.807, 2.05) is 20.8 Å². The minimum atomic E-state index is -0.772. The van der Waals surface area contributed by atoms with Crippen LogP contribution in [0.25, 0.3) is 0 Å². The normalized spacial score (nSPS) is 11.2. The first-order valence-corrected chi connectivity index (χ1v) is 5.64. The van der Waals surface area contributed by atoms with Crippen molar-refractivity contribution in [2.24, 2.45) is 0 Å². The Morgan fingerprint density at radius 3 is 2.61 bits per heavy atom. The summed E-state index contributed by atoms with van der Waals surface area (Å²) in [5.41, 5.74) is -0.295. The van der Waals surface area contributed by atoms with Gasteiger partial charge in [-0.05, 0) is 20.8 Å². The van der Waals surface area contributed by atoms with E-state index in [4.69, 9.17) is 0 Å². The van der Waals surface area contributed by atoms with Crippen LogP contribution in [0.4, 0.5) is 14.6 Å². The van der Waals surface area contributed by atoms with Gasteiger partial charge in [0.25, 0.3) is 0 Å². The fraction of sp³-hybridized carbons (Fsp3) is 0.500. The summed E-state index contributed by atoms with van der Waals surface area (Å²) in [7, 11) is 0. The highest BCUT2D eigenvalue weighted by atomic mass is 19.1. The molecule has 18 heavy (non-hydrogen) atoms. The summed E-state index contributed by atoms with van der Waals surface area (Å²) in [6.07, 6.45) is 1.11. The van der Waals surface area contributed by atoms with Crippen LogP contribution in [0.2, 0.25) is 0 Å². The Morgan fingerprint density at radius 1 is 1.39 bits per heavy atom. The van der Waals surface area contributed by atoms with Crippen LogP contribution in [-0.4, -0.2) is 23.0 Å². The Labute approximate surface area is 105 Å². The molecule has 0 bridgehead atoms. The summed E-state index contributed by atoms with van der Waals surface area (Å²) in [6.45, 7) is 5.86. The van der Waals surface area contributed by atoms with Gasteiger partial charge in [-0.15, -0.1) is 0 Å². The number of halogens is 2. The van der Waals surface area contributed by atoms with Gasteiger partial charge in [-0.1, -0.05) is 0 Å². The Morgan fingerprint density at radius 2 is 2.06 bits per heavy atom. The van der Waals surface area contributed by atoms with Crippen molar-refractivity contribution in [1.29, 1.82) is 0 Å². The standard InChI is InChI=1S/C12H17F2N3O/c1-12(2,3)17-10(18)4-5-15-11-9(14)6-8(13)7-16-11/h6-7H,4-5H2,1-3H3,(H,15,16)(H,17,18). The summed E-state index contributed by atoms with van der Waals surface area (Å²) in [6, 6.07) is 0.741. The molecule has 0 fully saturated rings. The lowest BCUT2D eigenvalue weighted by atomic mass is 10.1. The fourth-order valence-corrected chi connectivity index (χ4v) is 1.32. The SMILES string of the molecule is CC(C)(C)NC(=O)CCNc1ncc(F)cc1F. The van der Waals surface area contributed by atoms with E-state index in [1.54, 1.807) is 0 Å². The van der Waals surface area contributed by atoms with Crippen molar-refractivity contribution >= 4 is 11.7 Å². The number of amides is 1. The predicted molar refractivity (Wildman–Crippen MR) is 65.2 cm³/mol. The molecule has 0 aliphatic rings. The number of nitrogens with zero attached hydrogens (tertiary/aromatic N) is 1. The largest absolute Gasteiger partial charge is 0.367 e. The molecule has 2 N–H and O–H groups in total. The van der Waals surface area contributed by atoms with Crippen molar-refractivity contribution in [2.75, 3.05) is 11.9 Å². The second-order valence-corrected chi connectivity index (χ2v) is 4.96. The monoisotopic (exact) mass is 257 g/mol. The molecule has 6 heteroatoms. The van der Waals surface area contributed by atoms with Crippen molar-refractivity contribution in [1.82, 2.24) is 10.3 Å². The van der Waals surface area contributed by atoms with Gasteiger partial charge in [0.15, 0.2) is 11.6 Å². The lowest BCUT2D eigenvalue weighted by molar-refractivity contribution is -0.122. The molecular formula is C12H17F2N3O. The van der Waals surface area contributed by atoms with E-state index in [9.17, 15) is 13.6 Å². The van der Waals surface area contributed by atoms with Crippen LogP contribution in [-0.2, 0) is 4.79 Å². The molecule has 1 aromatic heterocycles. The lowest BCUT2D eigenvalue weighted by Gasteiger charge is -2.20. The smallest absolute Gasteiger partial charge is 0.222 e. The van der Waals surface area contributed by atoms with E-state index in [0.717, 1.165) is 12.3 Å². The van der Waals surface area contributed by atoms with Gasteiger partial charge in [-0.25, -0.2) is 13.8 Å². The highest BCUT2D eigenvalue weighted by Crippen LogP contribution is 2.10. The zero-order valence-electron chi connectivity index (χ0n) is 10.7. The Balaban J connectivity index is 2.40. The van der Waals surface area contributed by atoms with Crippen molar-refractivity contribution in [3.63, 3.8) is 0 Å². The third-order valence-corrected chi connectivity index (χ3v) is 1.97. The fourth-order valence-electron chi connectivity index (χ4n) is 1.32. The summed E-state index contributed by atoms with van der Waals surface area (Å²) in [5.74, 6) is -1.70. The second-order valence-electron chi connectivity index (χ2n) is 4.96. The number of hydrogen-bond donors (Lipinski definition) is 2. The van der Waals surface area contributed by atoms with Crippen LogP contribution in [0, 0.1) is 11.6 Å². The van der Waals surface area contributed by atoms with Gasteiger partial charge in [0.2, 0.25) is 5.91 Å². The molecule has 1 heterocycles. The number of pyridine rings is 1. The topological polar surface area (TPSA) is 54.0 Å². The third kappa shape index (κ3) is 5.07. The first-order chi connectivity index (χ1) is 8.28. The van der Waals surface area contributed by atoms with Gasteiger partial charge in [-0.3, -0.25) is 4.79 Å². The molecule has 0 saturated carbocycles. The molecule has 1 aromatic rings. The first-order valence-electron chi connectivity index (χ1n) is 5.64. The highest BCUT2D eigenvalue weighted by Gasteiger charge is 2.13. The number of carbonyl (C=O) groups is 1. The van der Waals surface area contributed by atoms with Crippen LogP contribution in [0.3, 0.4) is 0 Å². The zero-order valence-corrected chi connectivity index (χ0v) is 10.7. The molecule has 100 valence electrons. The highest BCUT2D eigenvalue weighted by molar-refractivity contribution is 5.77. The van der Waals surface area contributed by atoms with Crippen molar-refractivity contribution in [2.45, 2.75) is 32.7 Å². The number of nitrogens with one attached hydrogen (secondary N) is 2. The van der Waals surface area contributed by atoms with E-state index in [0.29, 0.717) is 0 Å². The van der Waals surface area contributed by atoms with E-state index in [1.165, 1.54) is 0 Å². The quantitative estimate of drug-likeness (QED) is 0.868. The molecule has 0 unspecified atom stereocenters. The molecule has 0 saturated heterocycles. The average Bonchev–Trinajstić information content (AvgIpc) is 2.18. The number of carbonyl (C=O) groups excluding carboxylic acids is 1. The summed E-state index contributed by atoms with van der Waals surface area (Å²) >= 11 is 0. The second kappa shape index (κ2) is 5.75. The van der Waals surface area contributed by atoms with Crippen molar-refractivity contribution in [3.05, 3.63) is 23.9 Å². The lowest BCUT2D eigenvalue weighted by Crippen LogP contribution is -2.41. The van der Waals surface area contributed by atoms with Gasteiger partial charge in [-0.2, -0.15) is 0 Å². The third-order valence-electron chi connectivity index (χ3n) is 1.97. The van der Waals surface area contributed by atoms with E-state index in [2.05, 4.69) is 15.6 Å². The molecule has 1 rings (SSSR count). The van der Waals surface area contributed by atoms with E-state index in [-0.39, 0.29) is 30.2 Å². The van der Waals surface area contributed by atoms with Crippen LogP contribution >= 0.6 is 0 Å². The Bertz CT molecular complexity index is 430. The number of anilines is 1. The molecule has 1 amide bonds. The van der Waals surface area contributed by atoms with Gasteiger partial charge in [0, 0.05) is 24.6 Å². The summed E-state index contributed by atoms with van der Waals surface area (Å²) in [5, 5.41) is 5.42. The van der Waals surface area contributed by atoms with Crippen molar-refractivity contribution < 1.29 is 13.6 Å². The van der Waals surface area contributed by atoms with Crippen LogP contribution in [0.1, 0.15) is 27.2 Å². The Hall–Kier alpha value is -1.72. The maximum absolute atomic E-state index is 13.2. The van der Waals surface area contributed by atoms with Crippen LogP contribution < -0.4 is 10.6 Å². The molecule has 0 aliphatic heterocycles. The van der Waals surface area contributed by atoms with Gasteiger partial charge >= 0.3 is 0 Å². The van der Waals surface area contributed by atoms with Gasteiger partial charge < -0.3 is 10.6 Å². The Kier molecular flexibility index (Phi) is 4.58. The molecule has 0 spiro atoms. The molecule has 4 nitrogen and oxygen atoms in total. The van der Waals surface area contributed by atoms with Crippen LogP contribution in [0.5, 0.6) is 0 Å². The molecular weight excluding hydrogens is 240 g/mol. The molecule has 0 radical (unpaired) electrons. The number of rotatable bonds is 4. The molecule has 0 atom stereocenters. The number of hydrogen-bond acceptors (Lipinski definition) is 3. The van der Waals surface area contributed by atoms with Crippen LogP contribution in [0.15, 0.2) is 12.3 Å². The zero-order chi connectivity index (χ0) is 13.8. The summed E-state index contributed by atoms with van der Waals surface area (Å²) in [4.78, 5) is 15.0. The minimum Gasteiger partial charge on any atom is -0.367 e. The van der Waals surface area contributed by atoms with E-state index < -0.39 is 11.6 Å². The molecule has 0 aliphatic carbocycles. The minimum absolute atomic E-state index is 0.0556. The maximum Gasteiger partial charge on any atom is 0.222 e. The average molecular weight is 257 g/mol. The maximum atomic E-state index is 13.2. The predicted octanol–water partition coefficient (Wildman–Crippen LogP) is 2.08. The first kappa shape index (κ1) is 14.3. The van der Waals surface area contributed by atoms with Gasteiger partial charge in [0.05, 0.1) is 6.20 Å². The van der Waals surface area contributed by atoms with E-state index >= 15 is 0 Å². The van der Waals surface area contributed by atoms with Crippen molar-refractivity contribution in [3.8, 4) is 0 Å². The number of aromatic nitrogens is 1. The summed E-state index contributed by atoms with van der Waals surface area (Å²) < 4.78 is 25.8. The molecule has 0 aromatic carbocycles.